The smallest absolute Gasteiger partial charge is 0.225 e. The molecule has 1 unspecified atom stereocenters. The highest BCUT2D eigenvalue weighted by molar-refractivity contribution is 5.89. The zero-order chi connectivity index (χ0) is 27.1. The highest BCUT2D eigenvalue weighted by atomic mass is 19.1. The molecule has 0 saturated carbocycles. The van der Waals surface area contributed by atoms with Crippen molar-refractivity contribution in [2.45, 2.75) is 51.4 Å². The number of halogens is 2. The summed E-state index contributed by atoms with van der Waals surface area (Å²) in [5.74, 6) is -2.01. The van der Waals surface area contributed by atoms with E-state index in [9.17, 15) is 23.5 Å². The SMILES string of the molecule is CCc1cccc(CNC[C@H](O)[C@H](Cc2cc(F)cc(F)c2)NC(=O)C2CC(=O)N(Cc3ccco3)C2)c1. The maximum atomic E-state index is 13.8. The number of nitrogens with one attached hydrogen (secondary N) is 2. The molecule has 0 radical (unpaired) electrons. The molecule has 2 amide bonds. The summed E-state index contributed by atoms with van der Waals surface area (Å²) in [6.45, 7) is 3.22. The third kappa shape index (κ3) is 7.49. The fourth-order valence-corrected chi connectivity index (χ4v) is 4.72. The monoisotopic (exact) mass is 525 g/mol. The quantitative estimate of drug-likeness (QED) is 0.337. The van der Waals surface area contributed by atoms with Gasteiger partial charge in [0.05, 0.1) is 30.9 Å². The summed E-state index contributed by atoms with van der Waals surface area (Å²) in [6, 6.07) is 13.9. The van der Waals surface area contributed by atoms with Gasteiger partial charge in [0.2, 0.25) is 11.8 Å². The fourth-order valence-electron chi connectivity index (χ4n) is 4.72. The Bertz CT molecular complexity index is 1210. The molecule has 3 N–H and O–H groups in total. The lowest BCUT2D eigenvalue weighted by Gasteiger charge is -2.26. The van der Waals surface area contributed by atoms with E-state index in [1.165, 1.54) is 24.0 Å². The number of hydrogen-bond acceptors (Lipinski definition) is 5. The Morgan fingerprint density at radius 1 is 1.11 bits per heavy atom. The number of aliphatic hydroxyl groups is 1. The second-order valence-corrected chi connectivity index (χ2v) is 9.72. The Morgan fingerprint density at radius 3 is 2.58 bits per heavy atom. The van der Waals surface area contributed by atoms with Crippen LogP contribution < -0.4 is 10.6 Å². The predicted octanol–water partition coefficient (Wildman–Crippen LogP) is 3.35. The van der Waals surface area contributed by atoms with Crippen molar-refractivity contribution in [1.82, 2.24) is 15.5 Å². The number of nitrogens with zero attached hydrogens (tertiary/aromatic N) is 1. The standard InChI is InChI=1S/C29H33F2N3O4/c1-2-19-5-3-6-20(9-19)15-32-16-27(35)26(12-21-10-23(30)14-24(31)11-21)33-29(37)22-13-28(36)34(17-22)18-25-7-4-8-38-25/h3-11,14,22,26-27,32,35H,2,12-13,15-18H2,1H3,(H,33,37)/t22?,26-,27-/m0/s1. The van der Waals surface area contributed by atoms with Gasteiger partial charge in [-0.1, -0.05) is 31.2 Å². The average molecular weight is 526 g/mol. The molecule has 38 heavy (non-hydrogen) atoms. The second kappa shape index (κ2) is 12.8. The minimum Gasteiger partial charge on any atom is -0.467 e. The first kappa shape index (κ1) is 27.5. The molecule has 4 rings (SSSR count). The maximum Gasteiger partial charge on any atom is 0.225 e. The Kier molecular flexibility index (Phi) is 9.25. The molecular formula is C29H33F2N3O4. The number of benzene rings is 2. The summed E-state index contributed by atoms with van der Waals surface area (Å²) >= 11 is 0. The Balaban J connectivity index is 1.40. The van der Waals surface area contributed by atoms with Crippen molar-refractivity contribution in [3.05, 3.63) is 94.9 Å². The molecule has 2 heterocycles. The van der Waals surface area contributed by atoms with Gasteiger partial charge in [-0.25, -0.2) is 8.78 Å². The van der Waals surface area contributed by atoms with Crippen molar-refractivity contribution in [2.24, 2.45) is 5.92 Å². The van der Waals surface area contributed by atoms with Gasteiger partial charge in [0.15, 0.2) is 0 Å². The number of hydrogen-bond donors (Lipinski definition) is 3. The van der Waals surface area contributed by atoms with Crippen LogP contribution in [0.15, 0.2) is 65.3 Å². The van der Waals surface area contributed by atoms with Gasteiger partial charge in [-0.2, -0.15) is 0 Å². The van der Waals surface area contributed by atoms with Gasteiger partial charge in [0.25, 0.3) is 0 Å². The van der Waals surface area contributed by atoms with Crippen LogP contribution in [0.4, 0.5) is 8.78 Å². The first-order chi connectivity index (χ1) is 18.3. The van der Waals surface area contributed by atoms with Crippen LogP contribution in [0.25, 0.3) is 0 Å². The molecule has 3 aromatic rings. The molecular weight excluding hydrogens is 492 g/mol. The molecule has 1 saturated heterocycles. The van der Waals surface area contributed by atoms with E-state index in [-0.39, 0.29) is 38.4 Å². The zero-order valence-corrected chi connectivity index (χ0v) is 21.3. The predicted molar refractivity (Wildman–Crippen MR) is 138 cm³/mol. The third-order valence-electron chi connectivity index (χ3n) is 6.76. The van der Waals surface area contributed by atoms with E-state index in [1.54, 1.807) is 17.0 Å². The lowest BCUT2D eigenvalue weighted by atomic mass is 9.99. The number of carbonyl (C=O) groups excluding carboxylic acids is 2. The summed E-state index contributed by atoms with van der Waals surface area (Å²) in [6.07, 6.45) is 1.45. The van der Waals surface area contributed by atoms with Crippen molar-refractivity contribution in [2.75, 3.05) is 13.1 Å². The Labute approximate surface area is 220 Å². The summed E-state index contributed by atoms with van der Waals surface area (Å²) in [4.78, 5) is 27.2. The van der Waals surface area contributed by atoms with Crippen molar-refractivity contribution < 1.29 is 27.9 Å². The van der Waals surface area contributed by atoms with Crippen molar-refractivity contribution in [3.8, 4) is 0 Å². The van der Waals surface area contributed by atoms with Crippen LogP contribution in [0.5, 0.6) is 0 Å². The van der Waals surface area contributed by atoms with Crippen LogP contribution in [0.3, 0.4) is 0 Å². The molecule has 1 fully saturated rings. The van der Waals surface area contributed by atoms with Crippen molar-refractivity contribution in [1.29, 1.82) is 0 Å². The number of aliphatic hydroxyl groups excluding tert-OH is 1. The maximum absolute atomic E-state index is 13.8. The molecule has 0 bridgehead atoms. The van der Waals surface area contributed by atoms with Crippen molar-refractivity contribution in [3.63, 3.8) is 0 Å². The Morgan fingerprint density at radius 2 is 1.87 bits per heavy atom. The lowest BCUT2D eigenvalue weighted by molar-refractivity contribution is -0.129. The van der Waals surface area contributed by atoms with E-state index in [2.05, 4.69) is 23.6 Å². The van der Waals surface area contributed by atoms with Gasteiger partial charge in [0.1, 0.15) is 17.4 Å². The zero-order valence-electron chi connectivity index (χ0n) is 21.3. The van der Waals surface area contributed by atoms with Crippen LogP contribution in [0.1, 0.15) is 35.8 Å². The van der Waals surface area contributed by atoms with Crippen LogP contribution in [0, 0.1) is 17.6 Å². The largest absolute Gasteiger partial charge is 0.467 e. The van der Waals surface area contributed by atoms with Crippen molar-refractivity contribution >= 4 is 11.8 Å². The van der Waals surface area contributed by atoms with E-state index < -0.39 is 35.6 Å². The van der Waals surface area contributed by atoms with E-state index in [0.29, 0.717) is 17.9 Å². The molecule has 7 nitrogen and oxygen atoms in total. The average Bonchev–Trinajstić information content (AvgIpc) is 3.53. The van der Waals surface area contributed by atoms with E-state index in [1.807, 2.05) is 18.2 Å². The Hall–Kier alpha value is -3.56. The van der Waals surface area contributed by atoms with Gasteiger partial charge in [-0.05, 0) is 53.8 Å². The molecule has 0 spiro atoms. The molecule has 3 atom stereocenters. The van der Waals surface area contributed by atoms with Gasteiger partial charge in [-0.3, -0.25) is 9.59 Å². The third-order valence-corrected chi connectivity index (χ3v) is 6.76. The summed E-state index contributed by atoms with van der Waals surface area (Å²) < 4.78 is 33.0. The second-order valence-electron chi connectivity index (χ2n) is 9.72. The van der Waals surface area contributed by atoms with Crippen LogP contribution >= 0.6 is 0 Å². The first-order valence-corrected chi connectivity index (χ1v) is 12.8. The topological polar surface area (TPSA) is 94.8 Å². The van der Waals surface area contributed by atoms with Crippen LogP contribution in [-0.2, 0) is 35.5 Å². The summed E-state index contributed by atoms with van der Waals surface area (Å²) in [5, 5.41) is 17.0. The fraction of sp³-hybridized carbons (Fsp3) is 0.379. The number of likely N-dealkylation sites (tertiary alicyclic amines) is 1. The minimum atomic E-state index is -1.05. The molecule has 9 heteroatoms. The number of aryl methyl sites for hydroxylation is 1. The number of rotatable bonds is 12. The van der Waals surface area contributed by atoms with Gasteiger partial charge < -0.3 is 25.1 Å². The molecule has 1 aliphatic heterocycles. The minimum absolute atomic E-state index is 0.0192. The van der Waals surface area contributed by atoms with Crippen LogP contribution in [0.2, 0.25) is 0 Å². The first-order valence-electron chi connectivity index (χ1n) is 12.8. The van der Waals surface area contributed by atoms with E-state index in [0.717, 1.165) is 18.1 Å². The number of carbonyl (C=O) groups is 2. The number of furan rings is 1. The molecule has 202 valence electrons. The molecule has 0 aliphatic carbocycles. The van der Waals surface area contributed by atoms with Gasteiger partial charge in [0, 0.05) is 32.1 Å². The lowest BCUT2D eigenvalue weighted by Crippen LogP contribution is -2.50. The number of amides is 2. The van der Waals surface area contributed by atoms with E-state index >= 15 is 0 Å². The highest BCUT2D eigenvalue weighted by Gasteiger charge is 2.36. The van der Waals surface area contributed by atoms with E-state index in [4.69, 9.17) is 4.42 Å². The summed E-state index contributed by atoms with van der Waals surface area (Å²) in [5.41, 5.74) is 2.57. The highest BCUT2D eigenvalue weighted by Crippen LogP contribution is 2.21. The molecule has 1 aliphatic rings. The molecule has 1 aromatic heterocycles. The normalized spacial score (nSPS) is 17.0. The van der Waals surface area contributed by atoms with Gasteiger partial charge >= 0.3 is 0 Å². The molecule has 2 aromatic carbocycles. The van der Waals surface area contributed by atoms with Crippen LogP contribution in [-0.4, -0.2) is 47.1 Å². The summed E-state index contributed by atoms with van der Waals surface area (Å²) in [7, 11) is 0. The van der Waals surface area contributed by atoms with Gasteiger partial charge in [-0.15, -0.1) is 0 Å².